The number of fused-ring (bicyclic) bond motifs is 1. The number of aliphatic hydroxyl groups is 1. The van der Waals surface area contributed by atoms with Gasteiger partial charge in [-0.05, 0) is 53.3 Å². The summed E-state index contributed by atoms with van der Waals surface area (Å²) < 4.78 is 11.3. The van der Waals surface area contributed by atoms with E-state index in [1.165, 1.54) is 18.1 Å². The highest BCUT2D eigenvalue weighted by Gasteiger charge is 2.45. The van der Waals surface area contributed by atoms with Gasteiger partial charge in [-0.1, -0.05) is 74.3 Å². The molecule has 1 N–H and O–H groups in total. The van der Waals surface area contributed by atoms with Crippen LogP contribution in [0.2, 0.25) is 10.0 Å². The average Bonchev–Trinajstić information content (AvgIpc) is 3.43. The maximum absolute atomic E-state index is 14.0. The van der Waals surface area contributed by atoms with Crippen molar-refractivity contribution in [3.63, 3.8) is 0 Å². The minimum absolute atomic E-state index is 0.0555. The fraction of sp³-hybridized carbons (Fsp3) is 0.226. The van der Waals surface area contributed by atoms with Crippen molar-refractivity contribution < 1.29 is 23.8 Å². The molecule has 0 saturated heterocycles. The number of amides is 1. The summed E-state index contributed by atoms with van der Waals surface area (Å²) >= 11 is 12.6. The molecule has 2 heterocycles. The number of aliphatic hydroxyl groups excluding tert-OH is 1. The van der Waals surface area contributed by atoms with Crippen LogP contribution < -0.4 is 9.64 Å². The van der Waals surface area contributed by atoms with Gasteiger partial charge in [0, 0.05) is 27.2 Å². The summed E-state index contributed by atoms with van der Waals surface area (Å²) in [5.41, 5.74) is 3.17. The van der Waals surface area contributed by atoms with Crippen LogP contribution in [-0.4, -0.2) is 23.9 Å². The van der Waals surface area contributed by atoms with Crippen LogP contribution in [0.25, 0.3) is 11.0 Å². The number of methoxy groups -OCH3 is 1. The van der Waals surface area contributed by atoms with E-state index in [1.807, 2.05) is 31.2 Å². The topological polar surface area (TPSA) is 80.0 Å². The van der Waals surface area contributed by atoms with Crippen LogP contribution in [0.4, 0.5) is 5.69 Å². The number of carbonyl (C=O) groups is 2. The lowest BCUT2D eigenvalue weighted by Gasteiger charge is -2.28. The van der Waals surface area contributed by atoms with Gasteiger partial charge in [-0.3, -0.25) is 14.5 Å². The van der Waals surface area contributed by atoms with E-state index in [9.17, 15) is 14.7 Å². The fourth-order valence-electron chi connectivity index (χ4n) is 4.80. The summed E-state index contributed by atoms with van der Waals surface area (Å²) in [5, 5.41) is 12.6. The number of benzene rings is 3. The molecule has 0 aliphatic carbocycles. The lowest BCUT2D eigenvalue weighted by atomic mass is 9.85. The van der Waals surface area contributed by atoms with Crippen molar-refractivity contribution in [3.8, 4) is 5.75 Å². The molecule has 1 aromatic heterocycles. The molecule has 1 atom stereocenters. The van der Waals surface area contributed by atoms with Gasteiger partial charge in [-0.25, -0.2) is 0 Å². The van der Waals surface area contributed by atoms with E-state index in [-0.39, 0.29) is 16.7 Å². The number of aryl methyl sites for hydroxylation is 1. The largest absolute Gasteiger partial charge is 0.503 e. The Labute approximate surface area is 236 Å². The molecule has 0 saturated carbocycles. The molecule has 3 aromatic carbocycles. The molecule has 0 fully saturated rings. The molecule has 4 aromatic rings. The third-order valence-electron chi connectivity index (χ3n) is 6.97. The minimum Gasteiger partial charge on any atom is -0.503 e. The number of ketones is 1. The van der Waals surface area contributed by atoms with Crippen molar-refractivity contribution in [2.45, 2.75) is 39.2 Å². The number of anilines is 1. The molecule has 39 heavy (non-hydrogen) atoms. The summed E-state index contributed by atoms with van der Waals surface area (Å²) in [6.45, 7) is 8.16. The van der Waals surface area contributed by atoms with Gasteiger partial charge in [0.15, 0.2) is 22.9 Å². The van der Waals surface area contributed by atoms with Crippen LogP contribution in [0.5, 0.6) is 5.75 Å². The van der Waals surface area contributed by atoms with Gasteiger partial charge in [-0.2, -0.15) is 0 Å². The first kappa shape index (κ1) is 26.9. The second-order valence-electron chi connectivity index (χ2n) is 10.6. The SMILES string of the molecule is COc1cc(Cl)cc2cc(C(=O)C3=C(O)C(=O)N(c4ccc(C)c(Cl)c4)C3c3ccc(C(C)(C)C)cc3)oc12. The normalized spacial score (nSPS) is 15.9. The van der Waals surface area contributed by atoms with Crippen molar-refractivity contribution in [1.82, 2.24) is 0 Å². The van der Waals surface area contributed by atoms with E-state index >= 15 is 0 Å². The Bertz CT molecular complexity index is 1660. The summed E-state index contributed by atoms with van der Waals surface area (Å²) in [6, 6.07) is 16.7. The summed E-state index contributed by atoms with van der Waals surface area (Å²) in [4.78, 5) is 28.9. The molecule has 1 aliphatic heterocycles. The van der Waals surface area contributed by atoms with Gasteiger partial charge in [0.2, 0.25) is 5.78 Å². The zero-order valence-corrected chi connectivity index (χ0v) is 23.6. The lowest BCUT2D eigenvalue weighted by Crippen LogP contribution is -2.31. The number of hydrogen-bond donors (Lipinski definition) is 1. The number of rotatable bonds is 5. The predicted molar refractivity (Wildman–Crippen MR) is 153 cm³/mol. The van der Waals surface area contributed by atoms with Gasteiger partial charge in [0.25, 0.3) is 5.91 Å². The van der Waals surface area contributed by atoms with E-state index in [0.717, 1.165) is 11.1 Å². The third-order valence-corrected chi connectivity index (χ3v) is 7.59. The van der Waals surface area contributed by atoms with E-state index < -0.39 is 23.5 Å². The number of ether oxygens (including phenoxy) is 1. The van der Waals surface area contributed by atoms with Crippen molar-refractivity contribution in [2.24, 2.45) is 0 Å². The van der Waals surface area contributed by atoms with Gasteiger partial charge >= 0.3 is 0 Å². The third kappa shape index (κ3) is 4.68. The number of nitrogens with zero attached hydrogens (tertiary/aromatic N) is 1. The van der Waals surface area contributed by atoms with Crippen LogP contribution in [0, 0.1) is 6.92 Å². The molecule has 1 unspecified atom stereocenters. The first-order valence-corrected chi connectivity index (χ1v) is 13.1. The Morgan fingerprint density at radius 3 is 2.33 bits per heavy atom. The number of carbonyl (C=O) groups excluding carboxylic acids is 2. The molecule has 1 amide bonds. The van der Waals surface area contributed by atoms with Crippen molar-refractivity contribution in [3.05, 3.63) is 104 Å². The van der Waals surface area contributed by atoms with Crippen LogP contribution in [0.3, 0.4) is 0 Å². The molecule has 1 aliphatic rings. The Morgan fingerprint density at radius 1 is 1.03 bits per heavy atom. The quantitative estimate of drug-likeness (QED) is 0.248. The maximum atomic E-state index is 14.0. The average molecular weight is 564 g/mol. The predicted octanol–water partition coefficient (Wildman–Crippen LogP) is 8.14. The van der Waals surface area contributed by atoms with Gasteiger partial charge in [0.1, 0.15) is 0 Å². The van der Waals surface area contributed by atoms with Crippen molar-refractivity contribution in [2.75, 3.05) is 12.0 Å². The Morgan fingerprint density at radius 2 is 1.72 bits per heavy atom. The maximum Gasteiger partial charge on any atom is 0.294 e. The number of furan rings is 1. The molecule has 6 nitrogen and oxygen atoms in total. The standard InChI is InChI=1S/C31H27Cl2NO5/c1-16-6-11-21(15-22(16)33)34-26(17-7-9-19(10-8-17)31(2,3)4)25(28(36)30(34)37)27(35)23-13-18-12-20(32)14-24(38-5)29(18)39-23/h6-15,26,36H,1-5H3. The second kappa shape index (κ2) is 9.78. The highest BCUT2D eigenvalue weighted by Crippen LogP contribution is 2.44. The monoisotopic (exact) mass is 563 g/mol. The lowest BCUT2D eigenvalue weighted by molar-refractivity contribution is -0.117. The fourth-order valence-corrected chi connectivity index (χ4v) is 5.19. The van der Waals surface area contributed by atoms with Crippen LogP contribution in [0.1, 0.15) is 54.1 Å². The minimum atomic E-state index is -0.920. The van der Waals surface area contributed by atoms with Gasteiger partial charge in [-0.15, -0.1) is 0 Å². The smallest absolute Gasteiger partial charge is 0.294 e. The highest BCUT2D eigenvalue weighted by atomic mass is 35.5. The van der Waals surface area contributed by atoms with E-state index in [2.05, 4.69) is 20.8 Å². The second-order valence-corrected chi connectivity index (χ2v) is 11.5. The zero-order valence-electron chi connectivity index (χ0n) is 22.1. The van der Waals surface area contributed by atoms with Crippen molar-refractivity contribution >= 4 is 51.5 Å². The molecule has 0 bridgehead atoms. The first-order valence-electron chi connectivity index (χ1n) is 12.4. The Hall–Kier alpha value is -3.74. The van der Waals surface area contributed by atoms with Crippen LogP contribution in [0.15, 0.2) is 76.4 Å². The molecule has 5 rings (SSSR count). The molecule has 0 radical (unpaired) electrons. The van der Waals surface area contributed by atoms with Crippen molar-refractivity contribution in [1.29, 1.82) is 0 Å². The number of Topliss-reactive ketones (excluding diaryl/α,β-unsaturated/α-hetero) is 1. The molecule has 200 valence electrons. The summed E-state index contributed by atoms with van der Waals surface area (Å²) in [7, 11) is 1.47. The van der Waals surface area contributed by atoms with E-state index in [4.69, 9.17) is 32.4 Å². The van der Waals surface area contributed by atoms with Gasteiger partial charge in [0.05, 0.1) is 18.7 Å². The zero-order chi connectivity index (χ0) is 28.2. The van der Waals surface area contributed by atoms with Gasteiger partial charge < -0.3 is 14.3 Å². The summed E-state index contributed by atoms with van der Waals surface area (Å²) in [5.74, 6) is -1.67. The van der Waals surface area contributed by atoms with E-state index in [0.29, 0.717) is 38.0 Å². The number of halogens is 2. The molecule has 8 heteroatoms. The Kier molecular flexibility index (Phi) is 6.73. The van der Waals surface area contributed by atoms with E-state index in [1.54, 1.807) is 30.3 Å². The summed E-state index contributed by atoms with van der Waals surface area (Å²) in [6.07, 6.45) is 0. The highest BCUT2D eigenvalue weighted by molar-refractivity contribution is 6.32. The molecular weight excluding hydrogens is 537 g/mol. The number of hydrogen-bond acceptors (Lipinski definition) is 5. The Balaban J connectivity index is 1.67. The first-order chi connectivity index (χ1) is 18.4. The molecular formula is C31H27Cl2NO5. The van der Waals surface area contributed by atoms with Crippen LogP contribution in [-0.2, 0) is 10.2 Å². The van der Waals surface area contributed by atoms with Crippen LogP contribution >= 0.6 is 23.2 Å². The molecule has 0 spiro atoms.